The predicted molar refractivity (Wildman–Crippen MR) is 56.4 cm³/mol. The van der Waals surface area contributed by atoms with Crippen molar-refractivity contribution in [2.45, 2.75) is 9.50 Å². The molecule has 7 heteroatoms. The number of rotatable bonds is 3. The topological polar surface area (TPSA) is 68.0 Å². The maximum atomic E-state index is 10.6. The molecule has 0 bridgehead atoms. The molecule has 0 aliphatic rings. The number of nitrogens with zero attached hydrogens (tertiary/aromatic N) is 3. The van der Waals surface area contributed by atoms with Crippen LogP contribution in [0.2, 0.25) is 0 Å². The van der Waals surface area contributed by atoms with Gasteiger partial charge in [-0.05, 0) is 11.8 Å². The molecule has 0 aliphatic heterocycles. The van der Waals surface area contributed by atoms with E-state index in [0.717, 1.165) is 5.16 Å². The number of carboxylic acids is 1. The molecule has 2 heterocycles. The Morgan fingerprint density at radius 1 is 1.67 bits per heavy atom. The van der Waals surface area contributed by atoms with Gasteiger partial charge in [-0.3, -0.25) is 0 Å². The standard InChI is InChI=1S/C8H7N3O2S2/c1-11-3-2-9-7(11)15-8-10-5(4-14-8)6(12)13/h2-4H,1H3,(H,12,13). The molecule has 2 rings (SSSR count). The van der Waals surface area contributed by atoms with Crippen molar-refractivity contribution in [1.82, 2.24) is 14.5 Å². The largest absolute Gasteiger partial charge is 0.476 e. The maximum Gasteiger partial charge on any atom is 0.355 e. The van der Waals surface area contributed by atoms with Gasteiger partial charge in [0.15, 0.2) is 15.2 Å². The molecule has 0 saturated carbocycles. The number of carboxylic acid groups (broad SMARTS) is 1. The molecule has 0 spiro atoms. The second-order valence-corrected chi connectivity index (χ2v) is 4.80. The summed E-state index contributed by atoms with van der Waals surface area (Å²) >= 11 is 2.66. The van der Waals surface area contributed by atoms with Crippen LogP contribution in [0.25, 0.3) is 0 Å². The van der Waals surface area contributed by atoms with E-state index >= 15 is 0 Å². The van der Waals surface area contributed by atoms with E-state index in [1.165, 1.54) is 28.5 Å². The van der Waals surface area contributed by atoms with Gasteiger partial charge in [-0.15, -0.1) is 11.3 Å². The van der Waals surface area contributed by atoms with E-state index in [0.29, 0.717) is 4.34 Å². The lowest BCUT2D eigenvalue weighted by Gasteiger charge is -1.96. The summed E-state index contributed by atoms with van der Waals surface area (Å²) in [6, 6.07) is 0. The van der Waals surface area contributed by atoms with Gasteiger partial charge in [-0.1, -0.05) is 0 Å². The minimum Gasteiger partial charge on any atom is -0.476 e. The van der Waals surface area contributed by atoms with Crippen LogP contribution in [-0.2, 0) is 7.05 Å². The number of aromatic nitrogens is 3. The fourth-order valence-electron chi connectivity index (χ4n) is 0.931. The summed E-state index contributed by atoms with van der Waals surface area (Å²) in [5.41, 5.74) is 0.0803. The van der Waals surface area contributed by atoms with Crippen molar-refractivity contribution < 1.29 is 9.90 Å². The fraction of sp³-hybridized carbons (Fsp3) is 0.125. The van der Waals surface area contributed by atoms with E-state index in [1.54, 1.807) is 6.20 Å². The van der Waals surface area contributed by atoms with E-state index in [1.807, 2.05) is 17.8 Å². The van der Waals surface area contributed by atoms with Crippen LogP contribution >= 0.6 is 23.1 Å². The number of hydrogen-bond acceptors (Lipinski definition) is 5. The molecule has 1 N–H and O–H groups in total. The normalized spacial score (nSPS) is 10.5. The van der Waals surface area contributed by atoms with Crippen LogP contribution in [0.5, 0.6) is 0 Å². The predicted octanol–water partition coefficient (Wildman–Crippen LogP) is 1.73. The molecule has 0 aromatic carbocycles. The number of imidazole rings is 1. The number of aromatic carboxylic acids is 1. The smallest absolute Gasteiger partial charge is 0.355 e. The summed E-state index contributed by atoms with van der Waals surface area (Å²) in [5.74, 6) is -1.00. The maximum absolute atomic E-state index is 10.6. The van der Waals surface area contributed by atoms with Crippen molar-refractivity contribution in [2.24, 2.45) is 7.05 Å². The van der Waals surface area contributed by atoms with Gasteiger partial charge in [0.1, 0.15) is 0 Å². The van der Waals surface area contributed by atoms with Gasteiger partial charge in [0.2, 0.25) is 0 Å². The molecule has 2 aromatic heterocycles. The van der Waals surface area contributed by atoms with E-state index in [-0.39, 0.29) is 5.69 Å². The summed E-state index contributed by atoms with van der Waals surface area (Å²) in [6.07, 6.45) is 3.52. The SMILES string of the molecule is Cn1ccnc1Sc1nc(C(=O)O)cs1. The summed E-state index contributed by atoms with van der Waals surface area (Å²) in [7, 11) is 1.88. The highest BCUT2D eigenvalue weighted by atomic mass is 32.2. The molecule has 5 nitrogen and oxygen atoms in total. The van der Waals surface area contributed by atoms with Crippen molar-refractivity contribution in [2.75, 3.05) is 0 Å². The van der Waals surface area contributed by atoms with Crippen LogP contribution in [0.3, 0.4) is 0 Å². The molecule has 0 radical (unpaired) electrons. The minimum atomic E-state index is -1.00. The minimum absolute atomic E-state index is 0.0803. The van der Waals surface area contributed by atoms with Crippen molar-refractivity contribution >= 4 is 29.1 Å². The lowest BCUT2D eigenvalue weighted by molar-refractivity contribution is 0.0691. The number of aryl methyl sites for hydroxylation is 1. The number of hydrogen-bond donors (Lipinski definition) is 1. The van der Waals surface area contributed by atoms with Crippen LogP contribution in [0.4, 0.5) is 0 Å². The van der Waals surface area contributed by atoms with Gasteiger partial charge in [0.25, 0.3) is 0 Å². The second kappa shape index (κ2) is 4.03. The Bertz CT molecular complexity index is 492. The molecule has 78 valence electrons. The molecular formula is C8H7N3O2S2. The number of carbonyl (C=O) groups is 1. The Balaban J connectivity index is 2.18. The molecular weight excluding hydrogens is 234 g/mol. The zero-order valence-electron chi connectivity index (χ0n) is 7.75. The lowest BCUT2D eigenvalue weighted by Crippen LogP contribution is -1.95. The van der Waals surface area contributed by atoms with Gasteiger partial charge in [-0.2, -0.15) is 0 Å². The lowest BCUT2D eigenvalue weighted by atomic mass is 10.5. The third kappa shape index (κ3) is 2.18. The van der Waals surface area contributed by atoms with Gasteiger partial charge < -0.3 is 9.67 Å². The average molecular weight is 241 g/mol. The van der Waals surface area contributed by atoms with E-state index in [4.69, 9.17) is 5.11 Å². The van der Waals surface area contributed by atoms with Gasteiger partial charge in [0.05, 0.1) is 0 Å². The molecule has 0 unspecified atom stereocenters. The first-order chi connectivity index (χ1) is 7.16. The van der Waals surface area contributed by atoms with Crippen molar-refractivity contribution in [3.63, 3.8) is 0 Å². The molecule has 0 saturated heterocycles. The molecule has 0 aliphatic carbocycles. The highest BCUT2D eigenvalue weighted by molar-refractivity contribution is 8.00. The quantitative estimate of drug-likeness (QED) is 0.886. The molecule has 15 heavy (non-hydrogen) atoms. The van der Waals surface area contributed by atoms with Crippen LogP contribution < -0.4 is 0 Å². The number of thiazole rings is 1. The third-order valence-electron chi connectivity index (χ3n) is 1.66. The first kappa shape index (κ1) is 10.2. The third-order valence-corrected chi connectivity index (χ3v) is 3.67. The van der Waals surface area contributed by atoms with E-state index in [9.17, 15) is 4.79 Å². The van der Waals surface area contributed by atoms with Crippen LogP contribution in [0.1, 0.15) is 10.5 Å². The van der Waals surface area contributed by atoms with E-state index < -0.39 is 5.97 Å². The van der Waals surface area contributed by atoms with Gasteiger partial charge >= 0.3 is 5.97 Å². The Labute approximate surface area is 93.8 Å². The zero-order valence-corrected chi connectivity index (χ0v) is 9.38. The van der Waals surface area contributed by atoms with E-state index in [2.05, 4.69) is 9.97 Å². The molecule has 0 fully saturated rings. The van der Waals surface area contributed by atoms with Gasteiger partial charge in [0, 0.05) is 24.8 Å². The Hall–Kier alpha value is -1.34. The highest BCUT2D eigenvalue weighted by Crippen LogP contribution is 2.28. The summed E-state index contributed by atoms with van der Waals surface area (Å²) in [5, 5.41) is 11.0. The van der Waals surface area contributed by atoms with Crippen molar-refractivity contribution in [1.29, 1.82) is 0 Å². The van der Waals surface area contributed by atoms with Crippen LogP contribution in [-0.4, -0.2) is 25.6 Å². The first-order valence-electron chi connectivity index (χ1n) is 4.01. The summed E-state index contributed by atoms with van der Waals surface area (Å²) in [6.45, 7) is 0. The molecule has 0 amide bonds. The van der Waals surface area contributed by atoms with Crippen LogP contribution in [0.15, 0.2) is 27.3 Å². The first-order valence-corrected chi connectivity index (χ1v) is 5.70. The fourth-order valence-corrected chi connectivity index (χ4v) is 2.63. The summed E-state index contributed by atoms with van der Waals surface area (Å²) < 4.78 is 2.54. The average Bonchev–Trinajstić information content (AvgIpc) is 2.77. The Morgan fingerprint density at radius 2 is 2.47 bits per heavy atom. The van der Waals surface area contributed by atoms with Crippen molar-refractivity contribution in [3.05, 3.63) is 23.5 Å². The molecule has 0 atom stereocenters. The monoisotopic (exact) mass is 241 g/mol. The Morgan fingerprint density at radius 3 is 3.00 bits per heavy atom. The van der Waals surface area contributed by atoms with Gasteiger partial charge in [-0.25, -0.2) is 14.8 Å². The van der Waals surface area contributed by atoms with Crippen molar-refractivity contribution in [3.8, 4) is 0 Å². The van der Waals surface area contributed by atoms with Crippen LogP contribution in [0, 0.1) is 0 Å². The second-order valence-electron chi connectivity index (χ2n) is 2.73. The molecule has 2 aromatic rings. The summed E-state index contributed by atoms with van der Waals surface area (Å²) in [4.78, 5) is 18.7. The zero-order chi connectivity index (χ0) is 10.8. The highest BCUT2D eigenvalue weighted by Gasteiger charge is 2.11. The Kier molecular flexibility index (Phi) is 2.74.